The third-order valence-corrected chi connectivity index (χ3v) is 4.81. The van der Waals surface area contributed by atoms with E-state index in [9.17, 15) is 5.26 Å². The molecule has 100 valence electrons. The van der Waals surface area contributed by atoms with Gasteiger partial charge in [-0.2, -0.15) is 5.26 Å². The molecule has 2 saturated heterocycles. The van der Waals surface area contributed by atoms with Gasteiger partial charge in [0.1, 0.15) is 5.54 Å². The third-order valence-electron chi connectivity index (χ3n) is 4.58. The molecule has 2 unspecified atom stereocenters. The molecule has 4 heteroatoms. The van der Waals surface area contributed by atoms with E-state index in [1.54, 1.807) is 0 Å². The number of rotatable bonds is 2. The molecular weight excluding hydrogens is 258 g/mol. The number of fused-ring (bicyclic) bond motifs is 2. The summed E-state index contributed by atoms with van der Waals surface area (Å²) in [6, 6.07) is 11.2. The van der Waals surface area contributed by atoms with E-state index < -0.39 is 5.54 Å². The van der Waals surface area contributed by atoms with Crippen molar-refractivity contribution in [1.29, 1.82) is 5.26 Å². The molecular formula is C15H18ClN3. The van der Waals surface area contributed by atoms with Gasteiger partial charge < -0.3 is 10.2 Å². The zero-order chi connectivity index (χ0) is 13.5. The summed E-state index contributed by atoms with van der Waals surface area (Å²) in [5, 5.41) is 13.8. The summed E-state index contributed by atoms with van der Waals surface area (Å²) in [5.41, 5.74) is 0.501. The van der Waals surface area contributed by atoms with Crippen molar-refractivity contribution in [3.63, 3.8) is 0 Å². The summed E-state index contributed by atoms with van der Waals surface area (Å²) in [5.74, 6) is 0. The van der Waals surface area contributed by atoms with Gasteiger partial charge in [-0.05, 0) is 50.9 Å². The number of anilines is 1. The summed E-state index contributed by atoms with van der Waals surface area (Å²) in [6.45, 7) is 0. The van der Waals surface area contributed by atoms with Crippen LogP contribution in [-0.4, -0.2) is 29.6 Å². The summed E-state index contributed by atoms with van der Waals surface area (Å²) < 4.78 is 0. The van der Waals surface area contributed by atoms with Gasteiger partial charge in [-0.15, -0.1) is 0 Å². The number of nitrogens with zero attached hydrogens (tertiary/aromatic N) is 2. The molecule has 2 aliphatic rings. The summed E-state index contributed by atoms with van der Waals surface area (Å²) in [4.78, 5) is 2.44. The standard InChI is InChI=1S/C15H18ClN3/c1-19-13-5-6-14(19)9-15(8-13,10-17)18-12-4-2-3-11(16)7-12/h2-4,7,13-14,18H,5-6,8-9H2,1H3. The van der Waals surface area contributed by atoms with Gasteiger partial charge in [0, 0.05) is 22.8 Å². The fourth-order valence-electron chi connectivity index (χ4n) is 3.53. The molecule has 2 fully saturated rings. The average molecular weight is 276 g/mol. The zero-order valence-corrected chi connectivity index (χ0v) is 11.8. The van der Waals surface area contributed by atoms with Crippen molar-refractivity contribution >= 4 is 17.3 Å². The second-order valence-electron chi connectivity index (χ2n) is 5.79. The van der Waals surface area contributed by atoms with Crippen LogP contribution in [0.3, 0.4) is 0 Å². The minimum atomic E-state index is -0.441. The topological polar surface area (TPSA) is 39.1 Å². The van der Waals surface area contributed by atoms with Gasteiger partial charge in [-0.3, -0.25) is 0 Å². The number of piperidine rings is 1. The van der Waals surface area contributed by atoms with E-state index in [2.05, 4.69) is 23.3 Å². The number of hydrogen-bond donors (Lipinski definition) is 1. The van der Waals surface area contributed by atoms with Crippen molar-refractivity contribution < 1.29 is 0 Å². The van der Waals surface area contributed by atoms with Crippen LogP contribution in [0.25, 0.3) is 0 Å². The Kier molecular flexibility index (Phi) is 3.16. The number of nitriles is 1. The lowest BCUT2D eigenvalue weighted by molar-refractivity contribution is 0.146. The maximum absolute atomic E-state index is 9.66. The normalized spacial score (nSPS) is 33.9. The van der Waals surface area contributed by atoms with E-state index in [4.69, 9.17) is 11.6 Å². The van der Waals surface area contributed by atoms with Gasteiger partial charge in [-0.1, -0.05) is 17.7 Å². The molecule has 19 heavy (non-hydrogen) atoms. The second-order valence-corrected chi connectivity index (χ2v) is 6.22. The molecule has 1 N–H and O–H groups in total. The van der Waals surface area contributed by atoms with Gasteiger partial charge in [-0.25, -0.2) is 0 Å². The lowest BCUT2D eigenvalue weighted by Crippen LogP contribution is -2.52. The highest BCUT2D eigenvalue weighted by atomic mass is 35.5. The smallest absolute Gasteiger partial charge is 0.128 e. The van der Waals surface area contributed by atoms with Crippen molar-refractivity contribution in [3.05, 3.63) is 29.3 Å². The van der Waals surface area contributed by atoms with Crippen LogP contribution in [0, 0.1) is 11.3 Å². The first-order chi connectivity index (χ1) is 9.12. The van der Waals surface area contributed by atoms with Crippen LogP contribution in [0.2, 0.25) is 5.02 Å². The molecule has 0 aliphatic carbocycles. The van der Waals surface area contributed by atoms with Crippen LogP contribution in [0.4, 0.5) is 5.69 Å². The van der Waals surface area contributed by atoms with Crippen molar-refractivity contribution in [2.45, 2.75) is 43.3 Å². The summed E-state index contributed by atoms with van der Waals surface area (Å²) in [6.07, 6.45) is 4.20. The molecule has 0 aromatic heterocycles. The first-order valence-corrected chi connectivity index (χ1v) is 7.17. The molecule has 1 aromatic rings. The van der Waals surface area contributed by atoms with Gasteiger partial charge in [0.25, 0.3) is 0 Å². The molecule has 0 amide bonds. The van der Waals surface area contributed by atoms with Gasteiger partial charge >= 0.3 is 0 Å². The maximum atomic E-state index is 9.66. The minimum absolute atomic E-state index is 0.441. The molecule has 0 saturated carbocycles. The van der Waals surface area contributed by atoms with E-state index in [0.717, 1.165) is 18.5 Å². The van der Waals surface area contributed by atoms with Crippen LogP contribution in [0.15, 0.2) is 24.3 Å². The summed E-state index contributed by atoms with van der Waals surface area (Å²) in [7, 11) is 2.18. The number of hydrogen-bond acceptors (Lipinski definition) is 3. The molecule has 1 aromatic carbocycles. The number of nitrogens with one attached hydrogen (secondary N) is 1. The van der Waals surface area contributed by atoms with Gasteiger partial charge in [0.05, 0.1) is 6.07 Å². The van der Waals surface area contributed by atoms with Crippen molar-refractivity contribution in [3.8, 4) is 6.07 Å². The van der Waals surface area contributed by atoms with Gasteiger partial charge in [0.2, 0.25) is 0 Å². The largest absolute Gasteiger partial charge is 0.367 e. The fourth-order valence-corrected chi connectivity index (χ4v) is 3.72. The molecule has 2 bridgehead atoms. The van der Waals surface area contributed by atoms with Crippen LogP contribution < -0.4 is 5.32 Å². The van der Waals surface area contributed by atoms with E-state index in [-0.39, 0.29) is 0 Å². The van der Waals surface area contributed by atoms with E-state index in [1.165, 1.54) is 12.8 Å². The van der Waals surface area contributed by atoms with Crippen molar-refractivity contribution in [1.82, 2.24) is 4.90 Å². The van der Waals surface area contributed by atoms with E-state index in [1.807, 2.05) is 24.3 Å². The molecule has 2 atom stereocenters. The Hall–Kier alpha value is -1.24. The number of halogens is 1. The Morgan fingerprint density at radius 2 is 2.05 bits per heavy atom. The predicted octanol–water partition coefficient (Wildman–Crippen LogP) is 3.27. The van der Waals surface area contributed by atoms with Crippen LogP contribution in [0.1, 0.15) is 25.7 Å². The number of benzene rings is 1. The third kappa shape index (κ3) is 2.31. The first-order valence-electron chi connectivity index (χ1n) is 6.79. The van der Waals surface area contributed by atoms with Crippen molar-refractivity contribution in [2.75, 3.05) is 12.4 Å². The average Bonchev–Trinajstić information content (AvgIpc) is 2.63. The molecule has 0 radical (unpaired) electrons. The molecule has 3 rings (SSSR count). The lowest BCUT2D eigenvalue weighted by atomic mass is 9.84. The Morgan fingerprint density at radius 1 is 1.37 bits per heavy atom. The molecule has 3 nitrogen and oxygen atoms in total. The Morgan fingerprint density at radius 3 is 2.63 bits per heavy atom. The highest BCUT2D eigenvalue weighted by Crippen LogP contribution is 2.41. The summed E-state index contributed by atoms with van der Waals surface area (Å²) >= 11 is 6.01. The van der Waals surface area contributed by atoms with Crippen LogP contribution in [0.5, 0.6) is 0 Å². The maximum Gasteiger partial charge on any atom is 0.128 e. The van der Waals surface area contributed by atoms with Crippen LogP contribution >= 0.6 is 11.6 Å². The molecule has 2 aliphatic heterocycles. The van der Waals surface area contributed by atoms with E-state index >= 15 is 0 Å². The lowest BCUT2D eigenvalue weighted by Gasteiger charge is -2.42. The Bertz CT molecular complexity index is 508. The highest BCUT2D eigenvalue weighted by molar-refractivity contribution is 6.30. The first kappa shape index (κ1) is 12.8. The SMILES string of the molecule is CN1C2CCC1CC(C#N)(Nc1cccc(Cl)c1)C2. The second kappa shape index (κ2) is 4.70. The molecule has 0 spiro atoms. The van der Waals surface area contributed by atoms with E-state index in [0.29, 0.717) is 17.1 Å². The minimum Gasteiger partial charge on any atom is -0.367 e. The quantitative estimate of drug-likeness (QED) is 0.900. The monoisotopic (exact) mass is 275 g/mol. The zero-order valence-electron chi connectivity index (χ0n) is 11.1. The Labute approximate surface area is 119 Å². The fraction of sp³-hybridized carbons (Fsp3) is 0.533. The van der Waals surface area contributed by atoms with Crippen LogP contribution in [-0.2, 0) is 0 Å². The Balaban J connectivity index is 1.84. The predicted molar refractivity (Wildman–Crippen MR) is 77.2 cm³/mol. The molecule has 2 heterocycles. The van der Waals surface area contributed by atoms with Gasteiger partial charge in [0.15, 0.2) is 0 Å². The van der Waals surface area contributed by atoms with Crippen molar-refractivity contribution in [2.24, 2.45) is 0 Å². The highest BCUT2D eigenvalue weighted by Gasteiger charge is 2.47.